The number of carbonyl (C=O) groups excluding carboxylic acids is 3. The molecular formula is C41H30BrNO5. The summed E-state index contributed by atoms with van der Waals surface area (Å²) in [4.78, 5) is 47.5. The number of halogens is 1. The van der Waals surface area contributed by atoms with E-state index in [2.05, 4.69) is 15.9 Å². The topological polar surface area (TPSA) is 72.9 Å². The number of allylic oxidation sites excluding steroid dienone is 2. The average molecular weight is 697 g/mol. The third kappa shape index (κ3) is 3.88. The number of anilines is 1. The minimum absolute atomic E-state index is 0.172. The molecule has 236 valence electrons. The number of ether oxygens (including phenoxy) is 2. The van der Waals surface area contributed by atoms with Crippen LogP contribution in [0.1, 0.15) is 22.3 Å². The zero-order chi connectivity index (χ0) is 33.2. The largest absolute Gasteiger partial charge is 0.497 e. The highest BCUT2D eigenvalue weighted by Crippen LogP contribution is 2.74. The van der Waals surface area contributed by atoms with E-state index >= 15 is 14.4 Å². The zero-order valence-corrected chi connectivity index (χ0v) is 27.8. The van der Waals surface area contributed by atoms with Crippen molar-refractivity contribution in [2.24, 2.45) is 11.8 Å². The van der Waals surface area contributed by atoms with Crippen molar-refractivity contribution in [1.29, 1.82) is 0 Å². The lowest BCUT2D eigenvalue weighted by atomic mass is 9.59. The highest BCUT2D eigenvalue weighted by molar-refractivity contribution is 9.10. The second-order valence-corrected chi connectivity index (χ2v) is 13.2. The van der Waals surface area contributed by atoms with Crippen LogP contribution in [0.2, 0.25) is 0 Å². The van der Waals surface area contributed by atoms with Crippen LogP contribution in [0.15, 0.2) is 138 Å². The first-order valence-electron chi connectivity index (χ1n) is 15.7. The molecule has 5 aromatic carbocycles. The molecule has 3 aliphatic rings. The number of rotatable bonds is 7. The number of hydrogen-bond donors (Lipinski definition) is 0. The van der Waals surface area contributed by atoms with Gasteiger partial charge in [-0.05, 0) is 75.9 Å². The van der Waals surface area contributed by atoms with Crippen LogP contribution >= 0.6 is 15.9 Å². The number of benzene rings is 5. The Balaban J connectivity index is 1.55. The molecule has 0 aromatic heterocycles. The third-order valence-electron chi connectivity index (χ3n) is 10.3. The van der Waals surface area contributed by atoms with Crippen LogP contribution < -0.4 is 14.4 Å². The van der Waals surface area contributed by atoms with Gasteiger partial charge in [-0.25, -0.2) is 4.90 Å². The summed E-state index contributed by atoms with van der Waals surface area (Å²) >= 11 is 3.52. The number of nitrogens with zero attached hydrogens (tertiary/aromatic N) is 1. The highest BCUT2D eigenvalue weighted by atomic mass is 79.9. The predicted octanol–water partition coefficient (Wildman–Crippen LogP) is 7.66. The maximum atomic E-state index is 16.0. The van der Waals surface area contributed by atoms with Crippen molar-refractivity contribution in [3.05, 3.63) is 160 Å². The molecule has 7 heteroatoms. The van der Waals surface area contributed by atoms with E-state index in [9.17, 15) is 0 Å². The Morgan fingerprint density at radius 2 is 1.00 bits per heavy atom. The smallest absolute Gasteiger partial charge is 0.239 e. The van der Waals surface area contributed by atoms with Gasteiger partial charge in [-0.2, -0.15) is 0 Å². The molecule has 1 saturated carbocycles. The van der Waals surface area contributed by atoms with Gasteiger partial charge in [0.25, 0.3) is 0 Å². The molecule has 5 aromatic rings. The van der Waals surface area contributed by atoms with Crippen molar-refractivity contribution in [2.45, 2.75) is 10.8 Å². The normalized spacial score (nSPS) is 24.3. The summed E-state index contributed by atoms with van der Waals surface area (Å²) in [5, 5.41) is 0. The van der Waals surface area contributed by atoms with E-state index < -0.39 is 34.5 Å². The molecule has 0 spiro atoms. The van der Waals surface area contributed by atoms with Crippen LogP contribution in [0, 0.1) is 11.8 Å². The molecule has 1 saturated heterocycles. The average Bonchev–Trinajstić information content (AvgIpc) is 3.64. The molecule has 2 amide bonds. The Morgan fingerprint density at radius 1 is 0.562 bits per heavy atom. The minimum Gasteiger partial charge on any atom is -0.497 e. The van der Waals surface area contributed by atoms with E-state index in [1.54, 1.807) is 32.4 Å². The molecule has 2 fully saturated rings. The minimum atomic E-state index is -1.49. The molecule has 2 aliphatic carbocycles. The van der Waals surface area contributed by atoms with Gasteiger partial charge >= 0.3 is 0 Å². The lowest BCUT2D eigenvalue weighted by molar-refractivity contribution is -0.130. The fourth-order valence-electron chi connectivity index (χ4n) is 8.51. The van der Waals surface area contributed by atoms with Gasteiger partial charge in [0.1, 0.15) is 11.5 Å². The quantitative estimate of drug-likeness (QED) is 0.164. The molecular weight excluding hydrogens is 666 g/mol. The lowest BCUT2D eigenvalue weighted by Crippen LogP contribution is -2.45. The maximum Gasteiger partial charge on any atom is 0.239 e. The fourth-order valence-corrected chi connectivity index (χ4v) is 8.90. The van der Waals surface area contributed by atoms with Crippen molar-refractivity contribution in [3.63, 3.8) is 0 Å². The molecule has 1 heterocycles. The first-order chi connectivity index (χ1) is 23.4. The SMILES string of the molecule is COc1ccc(C2=C(c3ccc(OC)cc3)[C@@]3(c4ccccc4)C(=O)[C@@]2(c2ccccc2)[C@@H]2C(=O)N(c4cccc(Br)c4)C(=O)[C@H]23)cc1. The Bertz CT molecular complexity index is 2000. The van der Waals surface area contributed by atoms with Gasteiger partial charge in [-0.15, -0.1) is 0 Å². The van der Waals surface area contributed by atoms with E-state index in [1.165, 1.54) is 4.90 Å². The van der Waals surface area contributed by atoms with Crippen LogP contribution in [0.5, 0.6) is 11.5 Å². The molecule has 0 unspecified atom stereocenters. The first-order valence-corrected chi connectivity index (χ1v) is 16.5. The Morgan fingerprint density at radius 3 is 1.40 bits per heavy atom. The number of ketones is 1. The second-order valence-electron chi connectivity index (χ2n) is 12.3. The highest BCUT2D eigenvalue weighted by Gasteiger charge is 2.82. The van der Waals surface area contributed by atoms with Crippen molar-refractivity contribution in [2.75, 3.05) is 19.1 Å². The summed E-state index contributed by atoms with van der Waals surface area (Å²) in [7, 11) is 3.22. The van der Waals surface area contributed by atoms with Gasteiger partial charge in [0.05, 0.1) is 42.6 Å². The molecule has 8 rings (SSSR count). The number of Topliss-reactive ketones (excluding diaryl/α,β-unsaturated/α-hetero) is 1. The van der Waals surface area contributed by atoms with Crippen molar-refractivity contribution in [1.82, 2.24) is 0 Å². The van der Waals surface area contributed by atoms with E-state index in [0.717, 1.165) is 15.6 Å². The van der Waals surface area contributed by atoms with E-state index in [4.69, 9.17) is 9.47 Å². The van der Waals surface area contributed by atoms with Gasteiger partial charge < -0.3 is 9.47 Å². The third-order valence-corrected chi connectivity index (χ3v) is 10.8. The van der Waals surface area contributed by atoms with Gasteiger partial charge in [0.2, 0.25) is 11.8 Å². The molecule has 0 N–H and O–H groups in total. The summed E-state index contributed by atoms with van der Waals surface area (Å²) in [5.74, 6) is -1.63. The molecule has 4 atom stereocenters. The monoisotopic (exact) mass is 695 g/mol. The van der Waals surface area contributed by atoms with Crippen LogP contribution in [0.3, 0.4) is 0 Å². The summed E-state index contributed by atoms with van der Waals surface area (Å²) in [6, 6.07) is 41.4. The number of fused-ring (bicyclic) bond motifs is 5. The van der Waals surface area contributed by atoms with Crippen LogP contribution in [-0.2, 0) is 25.2 Å². The van der Waals surface area contributed by atoms with Crippen molar-refractivity contribution < 1.29 is 23.9 Å². The van der Waals surface area contributed by atoms with Gasteiger partial charge in [-0.3, -0.25) is 14.4 Å². The number of imide groups is 1. The van der Waals surface area contributed by atoms with Gasteiger partial charge in [0, 0.05) is 4.47 Å². The fraction of sp³-hybridized carbons (Fsp3) is 0.146. The Kier molecular flexibility index (Phi) is 7.00. The van der Waals surface area contributed by atoms with Crippen LogP contribution in [0.25, 0.3) is 11.1 Å². The van der Waals surface area contributed by atoms with Crippen molar-refractivity contribution >= 4 is 50.4 Å². The molecule has 1 aliphatic heterocycles. The summed E-state index contributed by atoms with van der Waals surface area (Å²) in [6.45, 7) is 0. The van der Waals surface area contributed by atoms with E-state index in [1.807, 2.05) is 115 Å². The second kappa shape index (κ2) is 11.2. The Hall–Kier alpha value is -5.27. The molecule has 0 radical (unpaired) electrons. The Labute approximate surface area is 286 Å². The summed E-state index contributed by atoms with van der Waals surface area (Å²) < 4.78 is 11.8. The van der Waals surface area contributed by atoms with Gasteiger partial charge in [0.15, 0.2) is 5.78 Å². The van der Waals surface area contributed by atoms with Crippen LogP contribution in [-0.4, -0.2) is 31.8 Å². The number of methoxy groups -OCH3 is 2. The molecule has 6 nitrogen and oxygen atoms in total. The summed E-state index contributed by atoms with van der Waals surface area (Å²) in [6.07, 6.45) is 0. The maximum absolute atomic E-state index is 16.0. The number of amides is 2. The standard InChI is InChI=1S/C41H30BrNO5/c1-47-31-20-16-25(17-21-31)33-34(26-18-22-32(48-2)23-19-26)41(28-12-7-4-8-13-28)36-35(40(33,39(41)46)27-10-5-3-6-11-27)37(44)43(38(36)45)30-15-9-14-29(42)24-30/h3-24,35-36H,1-2H3/t35-,36-,40+,41+/m0/s1. The van der Waals surface area contributed by atoms with Crippen molar-refractivity contribution in [3.8, 4) is 11.5 Å². The van der Waals surface area contributed by atoms with Gasteiger partial charge in [-0.1, -0.05) is 107 Å². The lowest BCUT2D eigenvalue weighted by Gasteiger charge is -2.39. The number of carbonyl (C=O) groups is 3. The van der Waals surface area contributed by atoms with Crippen LogP contribution in [0.4, 0.5) is 5.69 Å². The summed E-state index contributed by atoms with van der Waals surface area (Å²) in [5.41, 5.74) is 1.82. The molecule has 2 bridgehead atoms. The zero-order valence-electron chi connectivity index (χ0n) is 26.2. The first kappa shape index (κ1) is 30.1. The predicted molar refractivity (Wildman–Crippen MR) is 188 cm³/mol. The van der Waals surface area contributed by atoms with E-state index in [0.29, 0.717) is 39.5 Å². The van der Waals surface area contributed by atoms with E-state index in [-0.39, 0.29) is 5.78 Å². The molecule has 48 heavy (non-hydrogen) atoms. The number of hydrogen-bond acceptors (Lipinski definition) is 5.